The molecule has 16 heavy (non-hydrogen) atoms. The summed E-state index contributed by atoms with van der Waals surface area (Å²) in [5, 5.41) is 4.21. The van der Waals surface area contributed by atoms with E-state index in [2.05, 4.69) is 12.0 Å². The highest BCUT2D eigenvalue weighted by Crippen LogP contribution is 2.09. The van der Waals surface area contributed by atoms with Crippen molar-refractivity contribution < 1.29 is 4.79 Å². The Bertz CT molecular complexity index is 318. The molecule has 0 aliphatic carbocycles. The van der Waals surface area contributed by atoms with Crippen molar-refractivity contribution in [1.29, 1.82) is 0 Å². The van der Waals surface area contributed by atoms with Gasteiger partial charge in [0.1, 0.15) is 5.69 Å². The highest BCUT2D eigenvalue weighted by Gasteiger charge is 2.04. The van der Waals surface area contributed by atoms with Crippen molar-refractivity contribution in [3.63, 3.8) is 0 Å². The average molecular weight is 222 g/mol. The number of hydrogen-bond acceptors (Lipinski definition) is 2. The Hall–Kier alpha value is -1.12. The van der Waals surface area contributed by atoms with Crippen molar-refractivity contribution in [1.82, 2.24) is 9.78 Å². The van der Waals surface area contributed by atoms with Gasteiger partial charge in [-0.25, -0.2) is 0 Å². The average Bonchev–Trinajstić information content (AvgIpc) is 2.64. The quantitative estimate of drug-likeness (QED) is 0.499. The zero-order chi connectivity index (χ0) is 11.8. The summed E-state index contributed by atoms with van der Waals surface area (Å²) in [6.45, 7) is 5.02. The van der Waals surface area contributed by atoms with Gasteiger partial charge in [0.15, 0.2) is 6.29 Å². The molecule has 0 bridgehead atoms. The molecule has 0 spiro atoms. The van der Waals surface area contributed by atoms with Crippen molar-refractivity contribution in [2.75, 3.05) is 0 Å². The zero-order valence-corrected chi connectivity index (χ0v) is 10.4. The standard InChI is InChI=1S/C13H22N2O/c1-3-4-5-6-7-8-9-15-13(11-16)12(2)10-14-15/h10-11H,3-9H2,1-2H3. The number of aldehydes is 1. The van der Waals surface area contributed by atoms with Crippen LogP contribution in [0.25, 0.3) is 0 Å². The van der Waals surface area contributed by atoms with Crippen LogP contribution < -0.4 is 0 Å². The van der Waals surface area contributed by atoms with Crippen molar-refractivity contribution >= 4 is 6.29 Å². The molecule has 0 fully saturated rings. The maximum atomic E-state index is 10.8. The number of carbonyl (C=O) groups excluding carboxylic acids is 1. The van der Waals surface area contributed by atoms with Crippen LogP contribution in [0.1, 0.15) is 61.5 Å². The van der Waals surface area contributed by atoms with Crippen LogP contribution in [0.3, 0.4) is 0 Å². The minimum atomic E-state index is 0.730. The number of nitrogens with zero attached hydrogens (tertiary/aromatic N) is 2. The molecule has 1 heterocycles. The SMILES string of the molecule is CCCCCCCCn1ncc(C)c1C=O. The molecule has 3 heteroatoms. The van der Waals surface area contributed by atoms with E-state index in [1.165, 1.54) is 32.1 Å². The third-order valence-corrected chi connectivity index (χ3v) is 2.91. The van der Waals surface area contributed by atoms with E-state index in [1.54, 1.807) is 6.20 Å². The molecule has 0 aromatic carbocycles. The van der Waals surface area contributed by atoms with E-state index in [9.17, 15) is 4.79 Å². The summed E-state index contributed by atoms with van der Waals surface area (Å²) in [6.07, 6.45) is 10.3. The number of carbonyl (C=O) groups is 1. The van der Waals surface area contributed by atoms with E-state index in [4.69, 9.17) is 0 Å². The monoisotopic (exact) mass is 222 g/mol. The molecular formula is C13H22N2O. The third-order valence-electron chi connectivity index (χ3n) is 2.91. The predicted octanol–water partition coefficient (Wildman–Crippen LogP) is 3.36. The van der Waals surface area contributed by atoms with Gasteiger partial charge in [0.05, 0.1) is 6.20 Å². The highest BCUT2D eigenvalue weighted by molar-refractivity contribution is 5.74. The van der Waals surface area contributed by atoms with Gasteiger partial charge in [-0.2, -0.15) is 5.10 Å². The lowest BCUT2D eigenvalue weighted by Crippen LogP contribution is -2.05. The second-order valence-corrected chi connectivity index (χ2v) is 4.32. The van der Waals surface area contributed by atoms with Gasteiger partial charge in [-0.15, -0.1) is 0 Å². The van der Waals surface area contributed by atoms with E-state index < -0.39 is 0 Å². The van der Waals surface area contributed by atoms with Gasteiger partial charge in [-0.1, -0.05) is 39.0 Å². The van der Waals surface area contributed by atoms with Gasteiger partial charge >= 0.3 is 0 Å². The van der Waals surface area contributed by atoms with Gasteiger partial charge in [0.25, 0.3) is 0 Å². The van der Waals surface area contributed by atoms with Crippen molar-refractivity contribution in [2.45, 2.75) is 58.9 Å². The molecule has 1 aromatic rings. The lowest BCUT2D eigenvalue weighted by atomic mass is 10.1. The zero-order valence-electron chi connectivity index (χ0n) is 10.4. The van der Waals surface area contributed by atoms with Gasteiger partial charge in [0, 0.05) is 6.54 Å². The first-order valence-electron chi connectivity index (χ1n) is 6.27. The van der Waals surface area contributed by atoms with E-state index in [-0.39, 0.29) is 0 Å². The fraction of sp³-hybridized carbons (Fsp3) is 0.692. The van der Waals surface area contributed by atoms with Crippen molar-refractivity contribution in [3.8, 4) is 0 Å². The van der Waals surface area contributed by atoms with Crippen LogP contribution in [0.4, 0.5) is 0 Å². The summed E-state index contributed by atoms with van der Waals surface area (Å²) in [5.74, 6) is 0. The molecule has 1 rings (SSSR count). The first kappa shape index (κ1) is 12.9. The minimum absolute atomic E-state index is 0.730. The van der Waals surface area contributed by atoms with E-state index in [1.807, 2.05) is 11.6 Å². The van der Waals surface area contributed by atoms with E-state index in [0.717, 1.165) is 30.5 Å². The Labute approximate surface area is 97.8 Å². The normalized spacial score (nSPS) is 10.6. The Morgan fingerprint density at radius 3 is 2.62 bits per heavy atom. The summed E-state index contributed by atoms with van der Waals surface area (Å²) in [5.41, 5.74) is 1.70. The molecule has 0 atom stereocenters. The molecule has 0 aliphatic rings. The molecular weight excluding hydrogens is 200 g/mol. The van der Waals surface area contributed by atoms with Gasteiger partial charge in [-0.3, -0.25) is 9.48 Å². The molecule has 1 aromatic heterocycles. The summed E-state index contributed by atoms with van der Waals surface area (Å²) in [7, 11) is 0. The smallest absolute Gasteiger partial charge is 0.168 e. The summed E-state index contributed by atoms with van der Waals surface area (Å²) in [6, 6.07) is 0. The molecule has 0 amide bonds. The number of aryl methyl sites for hydroxylation is 2. The van der Waals surface area contributed by atoms with Crippen LogP contribution in [0.5, 0.6) is 0 Å². The first-order chi connectivity index (χ1) is 7.79. The van der Waals surface area contributed by atoms with Crippen molar-refractivity contribution in [3.05, 3.63) is 17.5 Å². The summed E-state index contributed by atoms with van der Waals surface area (Å²) >= 11 is 0. The summed E-state index contributed by atoms with van der Waals surface area (Å²) in [4.78, 5) is 10.8. The minimum Gasteiger partial charge on any atom is -0.296 e. The highest BCUT2D eigenvalue weighted by atomic mass is 16.1. The topological polar surface area (TPSA) is 34.9 Å². The van der Waals surface area contributed by atoms with Crippen LogP contribution >= 0.6 is 0 Å². The van der Waals surface area contributed by atoms with Crippen LogP contribution in [-0.4, -0.2) is 16.1 Å². The summed E-state index contributed by atoms with van der Waals surface area (Å²) < 4.78 is 1.82. The lowest BCUT2D eigenvalue weighted by molar-refractivity contribution is 0.111. The molecule has 0 saturated heterocycles. The maximum absolute atomic E-state index is 10.8. The van der Waals surface area contributed by atoms with Crippen LogP contribution in [0.15, 0.2) is 6.20 Å². The maximum Gasteiger partial charge on any atom is 0.168 e. The fourth-order valence-electron chi connectivity index (χ4n) is 1.86. The molecule has 0 unspecified atom stereocenters. The van der Waals surface area contributed by atoms with Gasteiger partial charge in [0.2, 0.25) is 0 Å². The Kier molecular flexibility index (Phi) is 5.83. The fourth-order valence-corrected chi connectivity index (χ4v) is 1.86. The third kappa shape index (κ3) is 3.80. The Morgan fingerprint density at radius 1 is 1.25 bits per heavy atom. The Morgan fingerprint density at radius 2 is 1.94 bits per heavy atom. The number of rotatable bonds is 8. The Balaban J connectivity index is 2.24. The van der Waals surface area contributed by atoms with E-state index in [0.29, 0.717) is 0 Å². The second-order valence-electron chi connectivity index (χ2n) is 4.32. The first-order valence-corrected chi connectivity index (χ1v) is 6.27. The molecule has 0 aliphatic heterocycles. The number of hydrogen-bond donors (Lipinski definition) is 0. The van der Waals surface area contributed by atoms with Crippen LogP contribution in [0.2, 0.25) is 0 Å². The van der Waals surface area contributed by atoms with Crippen molar-refractivity contribution in [2.24, 2.45) is 0 Å². The lowest BCUT2D eigenvalue weighted by Gasteiger charge is -2.04. The number of unbranched alkanes of at least 4 members (excludes halogenated alkanes) is 5. The van der Waals surface area contributed by atoms with Gasteiger partial charge in [-0.05, 0) is 18.9 Å². The second kappa shape index (κ2) is 7.20. The van der Waals surface area contributed by atoms with E-state index >= 15 is 0 Å². The van der Waals surface area contributed by atoms with Gasteiger partial charge < -0.3 is 0 Å². The predicted molar refractivity (Wildman–Crippen MR) is 65.7 cm³/mol. The molecule has 90 valence electrons. The molecule has 3 nitrogen and oxygen atoms in total. The molecule has 0 radical (unpaired) electrons. The van der Waals surface area contributed by atoms with Crippen LogP contribution in [0, 0.1) is 6.92 Å². The number of aromatic nitrogens is 2. The molecule has 0 N–H and O–H groups in total. The largest absolute Gasteiger partial charge is 0.296 e. The van der Waals surface area contributed by atoms with Crippen LogP contribution in [-0.2, 0) is 6.54 Å². The molecule has 0 saturated carbocycles.